The number of hydrogen-bond acceptors (Lipinski definition) is 3. The minimum absolute atomic E-state index is 0.0863. The van der Waals surface area contributed by atoms with E-state index in [0.717, 1.165) is 12.8 Å². The van der Waals surface area contributed by atoms with Crippen molar-refractivity contribution in [3.63, 3.8) is 0 Å². The van der Waals surface area contributed by atoms with Crippen LogP contribution in [0, 0.1) is 17.2 Å². The molecule has 1 atom stereocenters. The van der Waals surface area contributed by atoms with E-state index in [-0.39, 0.29) is 17.7 Å². The van der Waals surface area contributed by atoms with Gasteiger partial charge in [0.25, 0.3) is 11.8 Å². The second-order valence-electron chi connectivity index (χ2n) is 5.52. The van der Waals surface area contributed by atoms with Gasteiger partial charge in [0.2, 0.25) is 0 Å². The SMILES string of the molecule is CC(C)C(C)(C#N)N1C(=O)C2=C(CCCC2)C1=O. The molecule has 4 nitrogen and oxygen atoms in total. The Kier molecular flexibility index (Phi) is 3.02. The third-order valence-corrected chi connectivity index (χ3v) is 4.21. The molecule has 0 N–H and O–H groups in total. The van der Waals surface area contributed by atoms with E-state index in [1.54, 1.807) is 6.92 Å². The molecule has 0 fully saturated rings. The Morgan fingerprint density at radius 1 is 1.17 bits per heavy atom. The van der Waals surface area contributed by atoms with Crippen LogP contribution in [0.4, 0.5) is 0 Å². The number of hydrogen-bond donors (Lipinski definition) is 0. The van der Waals surface area contributed by atoms with E-state index >= 15 is 0 Å². The first kappa shape index (κ1) is 12.8. The average Bonchev–Trinajstić information content (AvgIpc) is 2.62. The first-order valence-electron chi connectivity index (χ1n) is 6.45. The number of amides is 2. The maximum atomic E-state index is 12.4. The molecular formula is C14H18N2O2. The van der Waals surface area contributed by atoms with Crippen LogP contribution >= 0.6 is 0 Å². The molecule has 0 bridgehead atoms. The molecule has 0 aromatic carbocycles. The Morgan fingerprint density at radius 3 is 1.94 bits per heavy atom. The van der Waals surface area contributed by atoms with Gasteiger partial charge in [0.15, 0.2) is 0 Å². The lowest BCUT2D eigenvalue weighted by molar-refractivity contribution is -0.143. The summed E-state index contributed by atoms with van der Waals surface area (Å²) < 4.78 is 0. The lowest BCUT2D eigenvalue weighted by Crippen LogP contribution is -2.53. The van der Waals surface area contributed by atoms with E-state index in [0.29, 0.717) is 24.0 Å². The van der Waals surface area contributed by atoms with Crippen LogP contribution in [0.25, 0.3) is 0 Å². The number of nitriles is 1. The maximum absolute atomic E-state index is 12.4. The summed E-state index contributed by atoms with van der Waals surface area (Å²) in [4.78, 5) is 25.9. The summed E-state index contributed by atoms with van der Waals surface area (Å²) in [5.74, 6) is -0.573. The number of rotatable bonds is 2. The molecule has 2 rings (SSSR count). The van der Waals surface area contributed by atoms with E-state index < -0.39 is 5.54 Å². The molecule has 2 amide bonds. The van der Waals surface area contributed by atoms with Crippen molar-refractivity contribution in [2.75, 3.05) is 0 Å². The first-order valence-corrected chi connectivity index (χ1v) is 6.45. The maximum Gasteiger partial charge on any atom is 0.258 e. The molecule has 96 valence electrons. The first-order chi connectivity index (χ1) is 8.43. The molecule has 0 spiro atoms. The Hall–Kier alpha value is -1.63. The Balaban J connectivity index is 2.43. The summed E-state index contributed by atoms with van der Waals surface area (Å²) in [5, 5.41) is 9.37. The van der Waals surface area contributed by atoms with Crippen LogP contribution in [-0.2, 0) is 9.59 Å². The fraction of sp³-hybridized carbons (Fsp3) is 0.643. The molecule has 0 aromatic rings. The molecule has 0 saturated carbocycles. The highest BCUT2D eigenvalue weighted by Gasteiger charge is 2.49. The van der Waals surface area contributed by atoms with Gasteiger partial charge in [-0.1, -0.05) is 13.8 Å². The zero-order chi connectivity index (χ0) is 13.5. The molecule has 18 heavy (non-hydrogen) atoms. The van der Waals surface area contributed by atoms with E-state index in [1.807, 2.05) is 13.8 Å². The zero-order valence-electron chi connectivity index (χ0n) is 11.1. The third kappa shape index (κ3) is 1.58. The minimum atomic E-state index is -1.05. The van der Waals surface area contributed by atoms with Crippen LogP contribution in [-0.4, -0.2) is 22.3 Å². The highest BCUT2D eigenvalue weighted by atomic mass is 16.2. The van der Waals surface area contributed by atoms with E-state index in [2.05, 4.69) is 6.07 Å². The van der Waals surface area contributed by atoms with Crippen LogP contribution in [0.15, 0.2) is 11.1 Å². The normalized spacial score (nSPS) is 23.2. The fourth-order valence-corrected chi connectivity index (χ4v) is 2.60. The van der Waals surface area contributed by atoms with Gasteiger partial charge in [-0.05, 0) is 38.5 Å². The molecule has 2 aliphatic rings. The van der Waals surface area contributed by atoms with Crippen LogP contribution in [0.1, 0.15) is 46.5 Å². The summed E-state index contributed by atoms with van der Waals surface area (Å²) in [6.45, 7) is 5.40. The average molecular weight is 246 g/mol. The van der Waals surface area contributed by atoms with Gasteiger partial charge >= 0.3 is 0 Å². The van der Waals surface area contributed by atoms with Gasteiger partial charge in [0.05, 0.1) is 6.07 Å². The summed E-state index contributed by atoms with van der Waals surface area (Å²) in [6, 6.07) is 2.15. The van der Waals surface area contributed by atoms with Gasteiger partial charge in [-0.3, -0.25) is 14.5 Å². The van der Waals surface area contributed by atoms with Crippen molar-refractivity contribution in [3.8, 4) is 6.07 Å². The summed E-state index contributed by atoms with van der Waals surface area (Å²) in [6.07, 6.45) is 3.26. The zero-order valence-corrected chi connectivity index (χ0v) is 11.1. The Morgan fingerprint density at radius 2 is 1.61 bits per heavy atom. The molecule has 1 heterocycles. The molecule has 0 saturated heterocycles. The number of carbonyl (C=O) groups excluding carboxylic acids is 2. The van der Waals surface area contributed by atoms with Crippen molar-refractivity contribution in [2.24, 2.45) is 5.92 Å². The number of carbonyl (C=O) groups is 2. The van der Waals surface area contributed by atoms with Crippen molar-refractivity contribution in [1.82, 2.24) is 4.90 Å². The standard InChI is InChI=1S/C14H18N2O2/c1-9(2)14(3,8-15)16-12(17)10-6-4-5-7-11(10)13(16)18/h9H,4-7H2,1-3H3. The molecule has 1 unspecified atom stereocenters. The summed E-state index contributed by atoms with van der Waals surface area (Å²) >= 11 is 0. The van der Waals surface area contributed by atoms with Gasteiger partial charge in [-0.15, -0.1) is 0 Å². The van der Waals surface area contributed by atoms with Crippen molar-refractivity contribution in [1.29, 1.82) is 5.26 Å². The van der Waals surface area contributed by atoms with E-state index in [9.17, 15) is 14.9 Å². The van der Waals surface area contributed by atoms with Gasteiger partial charge in [-0.25, -0.2) is 0 Å². The Labute approximate surface area is 107 Å². The van der Waals surface area contributed by atoms with Crippen LogP contribution < -0.4 is 0 Å². The molecular weight excluding hydrogens is 228 g/mol. The van der Waals surface area contributed by atoms with Crippen molar-refractivity contribution in [3.05, 3.63) is 11.1 Å². The predicted molar refractivity (Wildman–Crippen MR) is 66.2 cm³/mol. The van der Waals surface area contributed by atoms with Gasteiger partial charge in [0.1, 0.15) is 5.54 Å². The van der Waals surface area contributed by atoms with Gasteiger partial charge < -0.3 is 0 Å². The third-order valence-electron chi connectivity index (χ3n) is 4.21. The van der Waals surface area contributed by atoms with Crippen molar-refractivity contribution < 1.29 is 9.59 Å². The Bertz CT molecular complexity index is 457. The molecule has 1 aliphatic heterocycles. The topological polar surface area (TPSA) is 61.2 Å². The predicted octanol–water partition coefficient (Wildman–Crippen LogP) is 2.16. The molecule has 4 heteroatoms. The fourth-order valence-electron chi connectivity index (χ4n) is 2.60. The second kappa shape index (κ2) is 4.24. The molecule has 1 aliphatic carbocycles. The van der Waals surface area contributed by atoms with E-state index in [4.69, 9.17) is 0 Å². The highest BCUT2D eigenvalue weighted by molar-refractivity contribution is 6.20. The molecule has 0 aromatic heterocycles. The van der Waals surface area contributed by atoms with Crippen LogP contribution in [0.5, 0.6) is 0 Å². The highest BCUT2D eigenvalue weighted by Crippen LogP contribution is 2.38. The lowest BCUT2D eigenvalue weighted by atomic mass is 9.88. The quantitative estimate of drug-likeness (QED) is 0.701. The van der Waals surface area contributed by atoms with Crippen molar-refractivity contribution in [2.45, 2.75) is 52.0 Å². The molecule has 0 radical (unpaired) electrons. The summed E-state index contributed by atoms with van der Waals surface area (Å²) in [5.41, 5.74) is 0.243. The van der Waals surface area contributed by atoms with Crippen molar-refractivity contribution >= 4 is 11.8 Å². The van der Waals surface area contributed by atoms with Gasteiger partial charge in [-0.2, -0.15) is 5.26 Å². The van der Waals surface area contributed by atoms with E-state index in [1.165, 1.54) is 4.90 Å². The van der Waals surface area contributed by atoms with Crippen LogP contribution in [0.3, 0.4) is 0 Å². The van der Waals surface area contributed by atoms with Gasteiger partial charge in [0, 0.05) is 11.1 Å². The second-order valence-corrected chi connectivity index (χ2v) is 5.52. The lowest BCUT2D eigenvalue weighted by Gasteiger charge is -2.34. The smallest absolute Gasteiger partial charge is 0.258 e. The largest absolute Gasteiger partial charge is 0.269 e. The summed E-state index contributed by atoms with van der Waals surface area (Å²) in [7, 11) is 0. The monoisotopic (exact) mass is 246 g/mol. The number of nitrogens with zero attached hydrogens (tertiary/aromatic N) is 2. The van der Waals surface area contributed by atoms with Crippen LogP contribution in [0.2, 0.25) is 0 Å². The number of imide groups is 1. The minimum Gasteiger partial charge on any atom is -0.269 e.